The van der Waals surface area contributed by atoms with Gasteiger partial charge in [0.15, 0.2) is 0 Å². The lowest BCUT2D eigenvalue weighted by Crippen LogP contribution is -2.27. The second-order valence-corrected chi connectivity index (χ2v) is 7.81. The Balaban J connectivity index is 2.86. The third-order valence-electron chi connectivity index (χ3n) is 3.91. The van der Waals surface area contributed by atoms with E-state index in [9.17, 15) is 0 Å². The van der Waals surface area contributed by atoms with Crippen molar-refractivity contribution in [3.8, 4) is 0 Å². The van der Waals surface area contributed by atoms with Gasteiger partial charge in [-0.1, -0.05) is 34.6 Å². The Labute approximate surface area is 117 Å². The minimum absolute atomic E-state index is 0.383. The predicted octanol–water partition coefficient (Wildman–Crippen LogP) is 5.09. The van der Waals surface area contributed by atoms with Crippen LogP contribution in [0.2, 0.25) is 0 Å². The highest BCUT2D eigenvalue weighted by atomic mass is 32.1. The first-order valence-corrected chi connectivity index (χ1v) is 7.87. The van der Waals surface area contributed by atoms with Gasteiger partial charge in [-0.25, -0.2) is 0 Å². The number of hydrogen-bond acceptors (Lipinski definition) is 2. The van der Waals surface area contributed by atoms with E-state index < -0.39 is 0 Å². The number of nitrogens with one attached hydrogen (secondary N) is 1. The molecule has 1 N–H and O–H groups in total. The van der Waals surface area contributed by atoms with E-state index in [2.05, 4.69) is 59.8 Å². The maximum absolute atomic E-state index is 3.67. The highest BCUT2D eigenvalue weighted by Crippen LogP contribution is 2.36. The molecule has 0 spiro atoms. The lowest BCUT2D eigenvalue weighted by atomic mass is 9.78. The van der Waals surface area contributed by atoms with Gasteiger partial charge in [-0.15, -0.1) is 11.3 Å². The van der Waals surface area contributed by atoms with E-state index in [-0.39, 0.29) is 0 Å². The molecule has 1 aromatic rings. The normalized spacial score (nSPS) is 15.7. The van der Waals surface area contributed by atoms with Crippen molar-refractivity contribution in [2.45, 2.75) is 60.9 Å². The second-order valence-electron chi connectivity index (χ2n) is 6.52. The molecule has 0 aliphatic heterocycles. The summed E-state index contributed by atoms with van der Waals surface area (Å²) in [6.45, 7) is 17.1. The molecule has 0 aliphatic carbocycles. The van der Waals surface area contributed by atoms with Crippen LogP contribution in [0.1, 0.15) is 62.4 Å². The van der Waals surface area contributed by atoms with Crippen molar-refractivity contribution in [2.75, 3.05) is 6.54 Å². The summed E-state index contributed by atoms with van der Waals surface area (Å²) in [6.07, 6.45) is 1.22. The molecule has 18 heavy (non-hydrogen) atoms. The molecule has 2 atom stereocenters. The first kappa shape index (κ1) is 15.7. The molecule has 0 saturated carbocycles. The minimum atomic E-state index is 0.383. The van der Waals surface area contributed by atoms with Gasteiger partial charge in [0.2, 0.25) is 0 Å². The fraction of sp³-hybridized carbons (Fsp3) is 0.750. The molecule has 0 saturated heterocycles. The fourth-order valence-corrected chi connectivity index (χ4v) is 3.37. The number of hydrogen-bond donors (Lipinski definition) is 1. The Morgan fingerprint density at radius 3 is 2.28 bits per heavy atom. The summed E-state index contributed by atoms with van der Waals surface area (Å²) in [5, 5.41) is 3.67. The largest absolute Gasteiger partial charge is 0.310 e. The summed E-state index contributed by atoms with van der Waals surface area (Å²) in [6, 6.07) is 2.83. The van der Waals surface area contributed by atoms with Crippen molar-refractivity contribution in [3.05, 3.63) is 21.4 Å². The van der Waals surface area contributed by atoms with Gasteiger partial charge in [0.25, 0.3) is 0 Å². The number of rotatable bonds is 5. The maximum atomic E-state index is 3.67. The van der Waals surface area contributed by atoms with Crippen LogP contribution in [0.5, 0.6) is 0 Å². The quantitative estimate of drug-likeness (QED) is 0.783. The zero-order valence-electron chi connectivity index (χ0n) is 13.1. The van der Waals surface area contributed by atoms with Crippen LogP contribution in [0.25, 0.3) is 0 Å². The van der Waals surface area contributed by atoms with E-state index in [0.29, 0.717) is 17.4 Å². The summed E-state index contributed by atoms with van der Waals surface area (Å²) >= 11 is 1.95. The Morgan fingerprint density at radius 2 is 1.89 bits per heavy atom. The van der Waals surface area contributed by atoms with E-state index in [0.717, 1.165) is 6.54 Å². The van der Waals surface area contributed by atoms with Gasteiger partial charge in [0.1, 0.15) is 0 Å². The first-order valence-electron chi connectivity index (χ1n) is 7.06. The van der Waals surface area contributed by atoms with E-state index in [1.54, 1.807) is 0 Å². The Hall–Kier alpha value is -0.340. The summed E-state index contributed by atoms with van der Waals surface area (Å²) < 4.78 is 0. The van der Waals surface area contributed by atoms with Crippen molar-refractivity contribution in [2.24, 2.45) is 11.3 Å². The molecule has 104 valence electrons. The molecule has 1 aromatic heterocycles. The molecular formula is C16H29NS. The monoisotopic (exact) mass is 267 g/mol. The van der Waals surface area contributed by atoms with Gasteiger partial charge < -0.3 is 5.32 Å². The molecule has 2 heteroatoms. The second kappa shape index (κ2) is 6.21. The van der Waals surface area contributed by atoms with Crippen molar-refractivity contribution < 1.29 is 0 Å². The molecule has 0 bridgehead atoms. The molecule has 2 unspecified atom stereocenters. The van der Waals surface area contributed by atoms with Crippen molar-refractivity contribution in [1.29, 1.82) is 0 Å². The average Bonchev–Trinajstić information content (AvgIpc) is 2.55. The lowest BCUT2D eigenvalue weighted by Gasteiger charge is -2.31. The van der Waals surface area contributed by atoms with Crippen LogP contribution in [0.4, 0.5) is 0 Å². The third-order valence-corrected chi connectivity index (χ3v) is 5.18. The summed E-state index contributed by atoms with van der Waals surface area (Å²) in [5.74, 6) is 0.711. The van der Waals surface area contributed by atoms with Crippen LogP contribution in [0, 0.1) is 25.2 Å². The van der Waals surface area contributed by atoms with E-state index in [1.807, 2.05) is 11.3 Å². The summed E-state index contributed by atoms with van der Waals surface area (Å²) in [7, 11) is 0. The molecule has 0 aromatic carbocycles. The topological polar surface area (TPSA) is 12.0 Å². The highest BCUT2D eigenvalue weighted by Gasteiger charge is 2.25. The molecule has 1 rings (SSSR count). The lowest BCUT2D eigenvalue weighted by molar-refractivity contribution is 0.224. The molecular weight excluding hydrogens is 238 g/mol. The van der Waals surface area contributed by atoms with Gasteiger partial charge >= 0.3 is 0 Å². The van der Waals surface area contributed by atoms with E-state index in [4.69, 9.17) is 0 Å². The summed E-state index contributed by atoms with van der Waals surface area (Å²) in [5.41, 5.74) is 1.83. The van der Waals surface area contributed by atoms with Crippen molar-refractivity contribution in [1.82, 2.24) is 5.32 Å². The van der Waals surface area contributed by atoms with Crippen molar-refractivity contribution in [3.63, 3.8) is 0 Å². The van der Waals surface area contributed by atoms with Crippen molar-refractivity contribution >= 4 is 11.3 Å². The zero-order chi connectivity index (χ0) is 13.9. The van der Waals surface area contributed by atoms with Crippen LogP contribution in [0.3, 0.4) is 0 Å². The minimum Gasteiger partial charge on any atom is -0.310 e. The van der Waals surface area contributed by atoms with Gasteiger partial charge in [0, 0.05) is 15.8 Å². The van der Waals surface area contributed by atoms with Gasteiger partial charge in [-0.2, -0.15) is 0 Å². The Kier molecular flexibility index (Phi) is 5.42. The van der Waals surface area contributed by atoms with E-state index in [1.165, 1.54) is 21.7 Å². The maximum Gasteiger partial charge on any atom is 0.0420 e. The van der Waals surface area contributed by atoms with Crippen LogP contribution >= 0.6 is 11.3 Å². The smallest absolute Gasteiger partial charge is 0.0420 e. The highest BCUT2D eigenvalue weighted by molar-refractivity contribution is 7.12. The third kappa shape index (κ3) is 4.10. The van der Waals surface area contributed by atoms with Crippen LogP contribution in [-0.2, 0) is 0 Å². The first-order chi connectivity index (χ1) is 8.25. The predicted molar refractivity (Wildman–Crippen MR) is 83.4 cm³/mol. The molecule has 0 radical (unpaired) electrons. The Morgan fingerprint density at radius 1 is 1.28 bits per heavy atom. The average molecular weight is 267 g/mol. The van der Waals surface area contributed by atoms with Crippen LogP contribution in [-0.4, -0.2) is 6.54 Å². The molecule has 0 fully saturated rings. The number of aryl methyl sites for hydroxylation is 2. The molecule has 0 aliphatic rings. The molecule has 0 amide bonds. The van der Waals surface area contributed by atoms with E-state index >= 15 is 0 Å². The Bertz CT molecular complexity index is 373. The van der Waals surface area contributed by atoms with Gasteiger partial charge in [-0.3, -0.25) is 0 Å². The van der Waals surface area contributed by atoms with Crippen LogP contribution < -0.4 is 5.32 Å². The standard InChI is InChI=1S/C16H29NS/c1-8-17-14(10-12(3)16(5,6)7)15-11(2)9-13(4)18-15/h9,12,14,17H,8,10H2,1-7H3. The van der Waals surface area contributed by atoms with Gasteiger partial charge in [-0.05, 0) is 49.8 Å². The number of thiophene rings is 1. The fourth-order valence-electron chi connectivity index (χ4n) is 2.24. The summed E-state index contributed by atoms with van der Waals surface area (Å²) in [4.78, 5) is 2.96. The molecule has 1 nitrogen and oxygen atoms in total. The SMILES string of the molecule is CCNC(CC(C)C(C)(C)C)c1sc(C)cc1C. The van der Waals surface area contributed by atoms with Crippen LogP contribution in [0.15, 0.2) is 6.07 Å². The van der Waals surface area contributed by atoms with Gasteiger partial charge in [0.05, 0.1) is 0 Å². The zero-order valence-corrected chi connectivity index (χ0v) is 13.9. The molecule has 1 heterocycles.